The molecule has 0 aromatic heterocycles. The molecule has 0 bridgehead atoms. The number of rotatable bonds is 5. The Morgan fingerprint density at radius 2 is 1.79 bits per heavy atom. The van der Waals surface area contributed by atoms with Crippen LogP contribution in [0.3, 0.4) is 0 Å². The van der Waals surface area contributed by atoms with Crippen LogP contribution >= 0.6 is 0 Å². The van der Waals surface area contributed by atoms with Crippen molar-refractivity contribution in [2.75, 3.05) is 0 Å². The Bertz CT molecular complexity index is 595. The van der Waals surface area contributed by atoms with Gasteiger partial charge >= 0.3 is 0 Å². The zero-order valence-electron chi connectivity index (χ0n) is 19.9. The Balaban J connectivity index is 0.00000160. The normalized spacial score (nSPS) is 46.5. The first kappa shape index (κ1) is 21.0. The highest BCUT2D eigenvalue weighted by molar-refractivity contribution is 5.25. The third-order valence-corrected chi connectivity index (χ3v) is 10.6. The second kappa shape index (κ2) is 7.77. The van der Waals surface area contributed by atoms with Crippen LogP contribution in [0, 0.1) is 52.3 Å². The fourth-order valence-corrected chi connectivity index (χ4v) is 8.87. The van der Waals surface area contributed by atoms with E-state index >= 15 is 0 Å². The molecule has 8 atom stereocenters. The molecule has 3 fully saturated rings. The smallest absolute Gasteiger partial charge is 0 e. The Hall–Kier alpha value is -0.260. The van der Waals surface area contributed by atoms with Crippen molar-refractivity contribution in [1.82, 2.24) is 0 Å². The fourth-order valence-electron chi connectivity index (χ4n) is 8.87. The summed E-state index contributed by atoms with van der Waals surface area (Å²) in [6.07, 6.45) is 19.0. The van der Waals surface area contributed by atoms with Crippen LogP contribution in [0.2, 0.25) is 0 Å². The zero-order valence-corrected chi connectivity index (χ0v) is 19.9. The van der Waals surface area contributed by atoms with E-state index in [0.29, 0.717) is 10.8 Å². The number of hydrogen-bond acceptors (Lipinski definition) is 0. The summed E-state index contributed by atoms with van der Waals surface area (Å²) in [6, 6.07) is 0. The van der Waals surface area contributed by atoms with Crippen LogP contribution in [0.4, 0.5) is 0 Å². The van der Waals surface area contributed by atoms with E-state index in [1.54, 1.807) is 0 Å². The molecule has 0 aromatic rings. The van der Waals surface area contributed by atoms with Gasteiger partial charge in [-0.25, -0.2) is 0 Å². The molecule has 0 N–H and O–H groups in total. The van der Waals surface area contributed by atoms with E-state index in [4.69, 9.17) is 0 Å². The van der Waals surface area contributed by atoms with Gasteiger partial charge in [0.05, 0.1) is 0 Å². The molecule has 0 spiro atoms. The van der Waals surface area contributed by atoms with Crippen LogP contribution in [-0.2, 0) is 0 Å². The molecule has 28 heavy (non-hydrogen) atoms. The predicted octanol–water partition coefficient (Wildman–Crippen LogP) is 9.16. The van der Waals surface area contributed by atoms with Gasteiger partial charge in [0.15, 0.2) is 0 Å². The highest BCUT2D eigenvalue weighted by Crippen LogP contribution is 2.67. The summed E-state index contributed by atoms with van der Waals surface area (Å²) in [5.41, 5.74) is 3.06. The Morgan fingerprint density at radius 3 is 2.54 bits per heavy atom. The van der Waals surface area contributed by atoms with Crippen molar-refractivity contribution in [2.24, 2.45) is 52.3 Å². The van der Waals surface area contributed by atoms with Gasteiger partial charge in [-0.15, -0.1) is 0 Å². The summed E-state index contributed by atoms with van der Waals surface area (Å²) >= 11 is 0. The molecule has 0 saturated heterocycles. The molecule has 0 aromatic carbocycles. The minimum Gasteiger partial charge on any atom is -0.0845 e. The summed E-state index contributed by atoms with van der Waals surface area (Å²) in [4.78, 5) is 0. The van der Waals surface area contributed by atoms with Crippen molar-refractivity contribution in [3.8, 4) is 0 Å². The van der Waals surface area contributed by atoms with Gasteiger partial charge in [0.2, 0.25) is 0 Å². The van der Waals surface area contributed by atoms with Crippen LogP contribution in [0.1, 0.15) is 115 Å². The Labute approximate surface area is 179 Å². The average molecular weight is 389 g/mol. The van der Waals surface area contributed by atoms with Crippen molar-refractivity contribution < 1.29 is 2.85 Å². The third-order valence-electron chi connectivity index (χ3n) is 10.6. The topological polar surface area (TPSA) is 0 Å². The second-order valence-corrected chi connectivity index (χ2v) is 12.6. The molecular weight excluding hydrogens is 336 g/mol. The van der Waals surface area contributed by atoms with E-state index in [1.165, 1.54) is 70.6 Å². The number of allylic oxidation sites excluding steroid dienone is 2. The maximum Gasteiger partial charge on any atom is 0 e. The van der Waals surface area contributed by atoms with Crippen molar-refractivity contribution in [1.29, 1.82) is 0 Å². The van der Waals surface area contributed by atoms with E-state index in [-0.39, 0.29) is 2.85 Å². The molecule has 4 aliphatic carbocycles. The van der Waals surface area contributed by atoms with Crippen LogP contribution in [0.5, 0.6) is 0 Å². The molecule has 0 amide bonds. The average Bonchev–Trinajstić information content (AvgIpc) is 2.99. The van der Waals surface area contributed by atoms with Gasteiger partial charge in [-0.05, 0) is 104 Å². The lowest BCUT2D eigenvalue weighted by molar-refractivity contribution is -0.0523. The highest BCUT2D eigenvalue weighted by Gasteiger charge is 2.58. The first-order valence-electron chi connectivity index (χ1n) is 12.9. The first-order chi connectivity index (χ1) is 13.3. The fraction of sp³-hybridized carbons (Fsp3) is 0.929. The molecule has 0 nitrogen and oxygen atoms in total. The molecule has 0 radical (unpaired) electrons. The minimum atomic E-state index is 0. The highest BCUT2D eigenvalue weighted by atomic mass is 14.6. The SMILES string of the molecule is CC(C)CCC[C@@H](C)[C@H]1CCC2[C@@H]3CC=C4CC(C)CC[C@]4(C)C3CC[C@@]21C.[HH].[HH]. The minimum absolute atomic E-state index is 0. The molecule has 0 aliphatic heterocycles. The summed E-state index contributed by atoms with van der Waals surface area (Å²) in [6.45, 7) is 15.3. The standard InChI is InChI=1S/C28H48.2H2/c1-19(2)8-7-9-21(4)24-12-13-25-23-11-10-22-18-20(3)14-16-27(22,5)26(23)15-17-28(24,25)6;;/h10,19-21,23-26H,7-9,11-18H2,1-6H3;2*1H/t20?,21-,23+,24-,25?,26?,27+,28-;;/m1../s1. The Morgan fingerprint density at radius 1 is 1.00 bits per heavy atom. The molecule has 3 saturated carbocycles. The van der Waals surface area contributed by atoms with E-state index in [2.05, 4.69) is 47.6 Å². The van der Waals surface area contributed by atoms with Crippen LogP contribution < -0.4 is 0 Å². The summed E-state index contributed by atoms with van der Waals surface area (Å²) < 4.78 is 0. The van der Waals surface area contributed by atoms with E-state index in [1.807, 2.05) is 5.57 Å². The molecule has 4 rings (SSSR count). The van der Waals surface area contributed by atoms with Crippen LogP contribution in [0.15, 0.2) is 11.6 Å². The lowest BCUT2D eigenvalue weighted by Crippen LogP contribution is -2.50. The van der Waals surface area contributed by atoms with Gasteiger partial charge in [0.1, 0.15) is 0 Å². The monoisotopic (exact) mass is 388 g/mol. The number of fused-ring (bicyclic) bond motifs is 5. The summed E-state index contributed by atoms with van der Waals surface area (Å²) in [7, 11) is 0. The molecule has 4 aliphatic rings. The van der Waals surface area contributed by atoms with Crippen molar-refractivity contribution >= 4 is 0 Å². The molecule has 3 unspecified atom stereocenters. The van der Waals surface area contributed by atoms with Crippen LogP contribution in [-0.4, -0.2) is 0 Å². The summed E-state index contributed by atoms with van der Waals surface area (Å²) in [5.74, 6) is 6.73. The predicted molar refractivity (Wildman–Crippen MR) is 126 cm³/mol. The third kappa shape index (κ3) is 3.43. The van der Waals surface area contributed by atoms with Gasteiger partial charge in [-0.2, -0.15) is 0 Å². The second-order valence-electron chi connectivity index (χ2n) is 12.6. The maximum absolute atomic E-state index is 2.75. The maximum atomic E-state index is 2.75. The summed E-state index contributed by atoms with van der Waals surface area (Å²) in [5, 5.41) is 0. The largest absolute Gasteiger partial charge is 0.0845 e. The first-order valence-corrected chi connectivity index (χ1v) is 12.9. The molecule has 0 heterocycles. The van der Waals surface area contributed by atoms with Crippen molar-refractivity contribution in [3.05, 3.63) is 11.6 Å². The Kier molecular flexibility index (Phi) is 5.83. The molecular formula is C28H52. The van der Waals surface area contributed by atoms with E-state index < -0.39 is 0 Å². The number of hydrogen-bond donors (Lipinski definition) is 0. The molecule has 164 valence electrons. The lowest BCUT2D eigenvalue weighted by Gasteiger charge is -2.58. The van der Waals surface area contributed by atoms with Crippen molar-refractivity contribution in [3.63, 3.8) is 0 Å². The van der Waals surface area contributed by atoms with E-state index in [0.717, 1.165) is 41.4 Å². The van der Waals surface area contributed by atoms with Crippen LogP contribution in [0.25, 0.3) is 0 Å². The van der Waals surface area contributed by atoms with Gasteiger partial charge in [-0.1, -0.05) is 72.5 Å². The quantitative estimate of drug-likeness (QED) is 0.412. The molecule has 0 heteroatoms. The zero-order chi connectivity index (χ0) is 20.1. The van der Waals surface area contributed by atoms with Gasteiger partial charge in [0, 0.05) is 2.85 Å². The van der Waals surface area contributed by atoms with Crippen molar-refractivity contribution in [2.45, 2.75) is 112 Å². The van der Waals surface area contributed by atoms with Gasteiger partial charge in [0.25, 0.3) is 0 Å². The van der Waals surface area contributed by atoms with E-state index in [9.17, 15) is 0 Å². The van der Waals surface area contributed by atoms with Gasteiger partial charge in [-0.3, -0.25) is 0 Å². The van der Waals surface area contributed by atoms with Gasteiger partial charge < -0.3 is 0 Å². The lowest BCUT2D eigenvalue weighted by atomic mass is 9.46.